The van der Waals surface area contributed by atoms with Gasteiger partial charge in [0.05, 0.1) is 6.20 Å². The van der Waals surface area contributed by atoms with Crippen molar-refractivity contribution in [3.8, 4) is 0 Å². The van der Waals surface area contributed by atoms with Crippen molar-refractivity contribution < 1.29 is 9.52 Å². The number of rotatable bonds is 6. The first-order chi connectivity index (χ1) is 11.6. The molecule has 2 aromatic rings. The molecule has 1 N–H and O–H groups in total. The summed E-state index contributed by atoms with van der Waals surface area (Å²) >= 11 is 0. The van der Waals surface area contributed by atoms with Gasteiger partial charge >= 0.3 is 0 Å². The molecule has 1 fully saturated rings. The number of aliphatic hydroxyl groups is 1. The Balaban J connectivity index is 1.93. The molecular formula is C20H28N2O2. The van der Waals surface area contributed by atoms with E-state index < -0.39 is 5.60 Å². The minimum absolute atomic E-state index is 0.161. The van der Waals surface area contributed by atoms with Gasteiger partial charge in [-0.2, -0.15) is 0 Å². The molecule has 1 aromatic carbocycles. The molecule has 24 heavy (non-hydrogen) atoms. The summed E-state index contributed by atoms with van der Waals surface area (Å²) in [5, 5.41) is 11.7. The van der Waals surface area contributed by atoms with E-state index in [1.165, 1.54) is 6.42 Å². The normalized spacial score (nSPS) is 18.7. The van der Waals surface area contributed by atoms with Crippen LogP contribution in [0, 0.1) is 5.92 Å². The van der Waals surface area contributed by atoms with Gasteiger partial charge in [0.15, 0.2) is 5.60 Å². The van der Waals surface area contributed by atoms with E-state index in [1.807, 2.05) is 44.4 Å². The number of likely N-dealkylation sites (N-methyl/N-ethyl adjacent to an activating group) is 1. The van der Waals surface area contributed by atoms with Gasteiger partial charge in [0, 0.05) is 18.9 Å². The van der Waals surface area contributed by atoms with Crippen LogP contribution in [-0.2, 0) is 12.0 Å². The number of benzene rings is 1. The molecule has 0 bridgehead atoms. The van der Waals surface area contributed by atoms with Gasteiger partial charge in [-0.05, 0) is 32.5 Å². The van der Waals surface area contributed by atoms with Crippen molar-refractivity contribution in [2.24, 2.45) is 5.92 Å². The Labute approximate surface area is 144 Å². The summed E-state index contributed by atoms with van der Waals surface area (Å²) in [5.41, 5.74) is -0.240. The van der Waals surface area contributed by atoms with Crippen LogP contribution in [0.15, 0.2) is 40.9 Å². The molecule has 4 nitrogen and oxygen atoms in total. The molecule has 4 heteroatoms. The highest BCUT2D eigenvalue weighted by molar-refractivity contribution is 5.30. The Morgan fingerprint density at radius 1 is 1.17 bits per heavy atom. The molecule has 0 aliphatic heterocycles. The van der Waals surface area contributed by atoms with Crippen molar-refractivity contribution in [2.45, 2.75) is 44.1 Å². The van der Waals surface area contributed by atoms with Crippen LogP contribution in [0.3, 0.4) is 0 Å². The number of hydrogen-bond donors (Lipinski definition) is 1. The molecule has 1 aromatic heterocycles. The van der Waals surface area contributed by atoms with Crippen molar-refractivity contribution in [1.82, 2.24) is 9.88 Å². The third-order valence-electron chi connectivity index (χ3n) is 5.09. The van der Waals surface area contributed by atoms with Crippen LogP contribution in [0.25, 0.3) is 0 Å². The van der Waals surface area contributed by atoms with E-state index in [0.717, 1.165) is 50.0 Å². The van der Waals surface area contributed by atoms with Gasteiger partial charge in [0.1, 0.15) is 5.76 Å². The lowest BCUT2D eigenvalue weighted by molar-refractivity contribution is -0.0239. The molecule has 0 amide bonds. The van der Waals surface area contributed by atoms with Gasteiger partial charge in [-0.3, -0.25) is 0 Å². The molecular weight excluding hydrogens is 300 g/mol. The summed E-state index contributed by atoms with van der Waals surface area (Å²) in [4.78, 5) is 6.60. The monoisotopic (exact) mass is 328 g/mol. The van der Waals surface area contributed by atoms with Crippen molar-refractivity contribution in [2.75, 3.05) is 20.6 Å². The zero-order valence-electron chi connectivity index (χ0n) is 14.7. The highest BCUT2D eigenvalue weighted by atomic mass is 16.4. The second-order valence-corrected chi connectivity index (χ2v) is 7.15. The van der Waals surface area contributed by atoms with Crippen molar-refractivity contribution in [3.05, 3.63) is 53.7 Å². The largest absolute Gasteiger partial charge is 0.442 e. The van der Waals surface area contributed by atoms with E-state index in [0.29, 0.717) is 5.89 Å². The minimum atomic E-state index is -1.13. The lowest BCUT2D eigenvalue weighted by Gasteiger charge is -2.36. The highest BCUT2D eigenvalue weighted by Gasteiger charge is 2.44. The molecule has 3 rings (SSSR count). The SMILES string of the molecule is CN(C)CCc1cnc(C(O)(c2ccccc2)C2CCCCC2)o1. The fourth-order valence-electron chi connectivity index (χ4n) is 3.68. The van der Waals surface area contributed by atoms with Crippen LogP contribution in [0.4, 0.5) is 0 Å². The number of oxazole rings is 1. The summed E-state index contributed by atoms with van der Waals surface area (Å²) in [6.45, 7) is 0.905. The Hall–Kier alpha value is -1.65. The molecule has 1 heterocycles. The summed E-state index contributed by atoms with van der Waals surface area (Å²) in [7, 11) is 4.08. The van der Waals surface area contributed by atoms with Crippen LogP contribution in [0.1, 0.15) is 49.3 Å². The summed E-state index contributed by atoms with van der Waals surface area (Å²) in [6, 6.07) is 9.89. The van der Waals surface area contributed by atoms with Crippen LogP contribution in [0.2, 0.25) is 0 Å². The van der Waals surface area contributed by atoms with Gasteiger partial charge in [-0.15, -0.1) is 0 Å². The topological polar surface area (TPSA) is 49.5 Å². The van der Waals surface area contributed by atoms with E-state index in [2.05, 4.69) is 9.88 Å². The Kier molecular flexibility index (Phi) is 5.36. The number of hydrogen-bond acceptors (Lipinski definition) is 4. The molecule has 0 radical (unpaired) electrons. The van der Waals surface area contributed by atoms with Crippen LogP contribution >= 0.6 is 0 Å². The molecule has 0 spiro atoms. The fraction of sp³-hybridized carbons (Fsp3) is 0.550. The lowest BCUT2D eigenvalue weighted by Crippen LogP contribution is -2.38. The quantitative estimate of drug-likeness (QED) is 0.880. The third-order valence-corrected chi connectivity index (χ3v) is 5.09. The fourth-order valence-corrected chi connectivity index (χ4v) is 3.68. The third kappa shape index (κ3) is 3.55. The average Bonchev–Trinajstić information content (AvgIpc) is 3.10. The highest BCUT2D eigenvalue weighted by Crippen LogP contribution is 2.43. The van der Waals surface area contributed by atoms with Crippen molar-refractivity contribution in [3.63, 3.8) is 0 Å². The molecule has 1 unspecified atom stereocenters. The first-order valence-electron chi connectivity index (χ1n) is 8.98. The van der Waals surface area contributed by atoms with Gasteiger partial charge in [0.25, 0.3) is 0 Å². The van der Waals surface area contributed by atoms with E-state index in [-0.39, 0.29) is 5.92 Å². The Bertz CT molecular complexity index is 632. The Morgan fingerprint density at radius 2 is 1.88 bits per heavy atom. The first-order valence-corrected chi connectivity index (χ1v) is 8.98. The van der Waals surface area contributed by atoms with E-state index in [9.17, 15) is 5.11 Å². The second-order valence-electron chi connectivity index (χ2n) is 7.15. The first kappa shape index (κ1) is 17.2. The van der Waals surface area contributed by atoms with Gasteiger partial charge in [-0.1, -0.05) is 49.6 Å². The minimum Gasteiger partial charge on any atom is -0.442 e. The van der Waals surface area contributed by atoms with E-state index in [4.69, 9.17) is 4.42 Å². The van der Waals surface area contributed by atoms with E-state index >= 15 is 0 Å². The maximum Gasteiger partial charge on any atom is 0.231 e. The van der Waals surface area contributed by atoms with Crippen LogP contribution < -0.4 is 0 Å². The van der Waals surface area contributed by atoms with E-state index in [1.54, 1.807) is 6.20 Å². The molecule has 1 atom stereocenters. The maximum atomic E-state index is 11.7. The summed E-state index contributed by atoms with van der Waals surface area (Å²) in [6.07, 6.45) is 8.18. The lowest BCUT2D eigenvalue weighted by atomic mass is 9.73. The predicted octanol–water partition coefficient (Wildman–Crippen LogP) is 3.59. The zero-order chi connectivity index (χ0) is 17.0. The van der Waals surface area contributed by atoms with Gasteiger partial charge < -0.3 is 14.4 Å². The molecule has 0 saturated heterocycles. The molecule has 1 aliphatic carbocycles. The number of nitrogens with zero attached hydrogens (tertiary/aromatic N) is 2. The predicted molar refractivity (Wildman–Crippen MR) is 94.8 cm³/mol. The maximum absolute atomic E-state index is 11.7. The molecule has 1 aliphatic rings. The van der Waals surface area contributed by atoms with Gasteiger partial charge in [0.2, 0.25) is 5.89 Å². The smallest absolute Gasteiger partial charge is 0.231 e. The van der Waals surface area contributed by atoms with Crippen LogP contribution in [-0.4, -0.2) is 35.6 Å². The Morgan fingerprint density at radius 3 is 2.54 bits per heavy atom. The van der Waals surface area contributed by atoms with Crippen molar-refractivity contribution >= 4 is 0 Å². The standard InChI is InChI=1S/C20H28N2O2/c1-22(2)14-13-18-15-21-19(24-18)20(23,16-9-5-3-6-10-16)17-11-7-4-8-12-17/h3,5-6,9-10,15,17,23H,4,7-8,11-14H2,1-2H3. The van der Waals surface area contributed by atoms with Crippen LogP contribution in [0.5, 0.6) is 0 Å². The van der Waals surface area contributed by atoms with Crippen molar-refractivity contribution in [1.29, 1.82) is 0 Å². The second kappa shape index (κ2) is 7.49. The molecule has 1 saturated carbocycles. The zero-order valence-corrected chi connectivity index (χ0v) is 14.7. The van der Waals surface area contributed by atoms with Gasteiger partial charge in [-0.25, -0.2) is 4.98 Å². The molecule has 130 valence electrons. The average molecular weight is 328 g/mol. The summed E-state index contributed by atoms with van der Waals surface area (Å²) < 4.78 is 6.02. The summed E-state index contributed by atoms with van der Waals surface area (Å²) in [5.74, 6) is 1.45. The number of aromatic nitrogens is 1.